The summed E-state index contributed by atoms with van der Waals surface area (Å²) >= 11 is 0. The predicted molar refractivity (Wildman–Crippen MR) is 70.5 cm³/mol. The number of hydrogen-bond donors (Lipinski definition) is 1. The van der Waals surface area contributed by atoms with Gasteiger partial charge < -0.3 is 14.8 Å². The highest BCUT2D eigenvalue weighted by Crippen LogP contribution is 2.26. The van der Waals surface area contributed by atoms with Gasteiger partial charge in [0.2, 0.25) is 0 Å². The van der Waals surface area contributed by atoms with E-state index in [0.717, 1.165) is 18.5 Å². The quantitative estimate of drug-likeness (QED) is 0.724. The molecular formula is C14H22FNO2. The summed E-state index contributed by atoms with van der Waals surface area (Å²) in [4.78, 5) is 0. The zero-order valence-electron chi connectivity index (χ0n) is 11.3. The third-order valence-corrected chi connectivity index (χ3v) is 2.68. The van der Waals surface area contributed by atoms with Crippen LogP contribution in [-0.4, -0.2) is 26.9 Å². The van der Waals surface area contributed by atoms with E-state index in [4.69, 9.17) is 9.47 Å². The van der Waals surface area contributed by atoms with Crippen LogP contribution in [0, 0.1) is 5.82 Å². The summed E-state index contributed by atoms with van der Waals surface area (Å²) in [5.74, 6) is 0.471. The molecule has 0 saturated carbocycles. The molecule has 1 N–H and O–H groups in total. The van der Waals surface area contributed by atoms with Crippen LogP contribution in [0.1, 0.15) is 31.9 Å². The minimum absolute atomic E-state index is 0.0678. The molecule has 0 amide bonds. The number of methoxy groups -OCH3 is 1. The first-order valence-corrected chi connectivity index (χ1v) is 6.33. The molecule has 0 heterocycles. The van der Waals surface area contributed by atoms with Crippen LogP contribution in [0.3, 0.4) is 0 Å². The lowest BCUT2D eigenvalue weighted by Crippen LogP contribution is -2.20. The highest BCUT2D eigenvalue weighted by atomic mass is 19.1. The number of nitrogens with one attached hydrogen (secondary N) is 1. The lowest BCUT2D eigenvalue weighted by Gasteiger charge is -2.18. The molecule has 0 spiro atoms. The molecule has 18 heavy (non-hydrogen) atoms. The number of rotatable bonds is 8. The lowest BCUT2D eigenvalue weighted by molar-refractivity contribution is 0.145. The van der Waals surface area contributed by atoms with Crippen LogP contribution in [0.4, 0.5) is 4.39 Å². The maximum absolute atomic E-state index is 13.3. The fraction of sp³-hybridized carbons (Fsp3) is 0.571. The molecule has 0 aromatic heterocycles. The first-order chi connectivity index (χ1) is 8.69. The standard InChI is InChI=1S/C14H22FNO2/c1-4-7-16-11(2)13-10-12(15)5-6-14(13)18-9-8-17-3/h5-6,10-11,16H,4,7-9H2,1-3H3. The monoisotopic (exact) mass is 255 g/mol. The molecule has 0 saturated heterocycles. The molecular weight excluding hydrogens is 233 g/mol. The molecule has 0 radical (unpaired) electrons. The molecule has 0 aliphatic carbocycles. The summed E-state index contributed by atoms with van der Waals surface area (Å²) in [5, 5.41) is 3.33. The Balaban J connectivity index is 2.75. The molecule has 1 aromatic carbocycles. The number of hydrogen-bond acceptors (Lipinski definition) is 3. The largest absolute Gasteiger partial charge is 0.491 e. The molecule has 102 valence electrons. The summed E-state index contributed by atoms with van der Waals surface area (Å²) < 4.78 is 23.8. The molecule has 0 fully saturated rings. The summed E-state index contributed by atoms with van der Waals surface area (Å²) in [6, 6.07) is 4.68. The van der Waals surface area contributed by atoms with Gasteiger partial charge >= 0.3 is 0 Å². The second-order valence-corrected chi connectivity index (χ2v) is 4.20. The van der Waals surface area contributed by atoms with Gasteiger partial charge in [-0.05, 0) is 38.1 Å². The SMILES string of the molecule is CCCNC(C)c1cc(F)ccc1OCCOC. The average molecular weight is 255 g/mol. The third-order valence-electron chi connectivity index (χ3n) is 2.68. The van der Waals surface area contributed by atoms with E-state index in [1.165, 1.54) is 12.1 Å². The summed E-state index contributed by atoms with van der Waals surface area (Å²) in [6.45, 7) is 5.99. The molecule has 0 aliphatic rings. The minimum atomic E-state index is -0.241. The third kappa shape index (κ3) is 4.63. The van der Waals surface area contributed by atoms with Crippen LogP contribution in [0.2, 0.25) is 0 Å². The molecule has 3 nitrogen and oxygen atoms in total. The highest BCUT2D eigenvalue weighted by molar-refractivity contribution is 5.36. The van der Waals surface area contributed by atoms with Gasteiger partial charge in [0.25, 0.3) is 0 Å². The first-order valence-electron chi connectivity index (χ1n) is 6.33. The van der Waals surface area contributed by atoms with E-state index in [1.807, 2.05) is 6.92 Å². The van der Waals surface area contributed by atoms with Gasteiger partial charge in [0.15, 0.2) is 0 Å². The summed E-state index contributed by atoms with van der Waals surface area (Å²) in [6.07, 6.45) is 1.04. The molecule has 1 unspecified atom stereocenters. The summed E-state index contributed by atoms with van der Waals surface area (Å²) in [7, 11) is 1.63. The van der Waals surface area contributed by atoms with Gasteiger partial charge in [-0.1, -0.05) is 6.92 Å². The van der Waals surface area contributed by atoms with Gasteiger partial charge in [-0.25, -0.2) is 4.39 Å². The van der Waals surface area contributed by atoms with E-state index in [0.29, 0.717) is 19.0 Å². The van der Waals surface area contributed by atoms with Gasteiger partial charge in [-0.2, -0.15) is 0 Å². The van der Waals surface area contributed by atoms with E-state index in [9.17, 15) is 4.39 Å². The predicted octanol–water partition coefficient (Wildman–Crippen LogP) is 2.91. The Morgan fingerprint density at radius 2 is 2.11 bits per heavy atom. The van der Waals surface area contributed by atoms with Crippen molar-refractivity contribution in [3.63, 3.8) is 0 Å². The molecule has 4 heteroatoms. The van der Waals surface area contributed by atoms with Crippen LogP contribution in [0.15, 0.2) is 18.2 Å². The van der Waals surface area contributed by atoms with E-state index in [2.05, 4.69) is 12.2 Å². The smallest absolute Gasteiger partial charge is 0.124 e. The van der Waals surface area contributed by atoms with E-state index >= 15 is 0 Å². The van der Waals surface area contributed by atoms with Crippen molar-refractivity contribution in [3.05, 3.63) is 29.6 Å². The van der Waals surface area contributed by atoms with Gasteiger partial charge in [0.05, 0.1) is 6.61 Å². The van der Waals surface area contributed by atoms with Crippen molar-refractivity contribution in [3.8, 4) is 5.75 Å². The number of benzene rings is 1. The van der Waals surface area contributed by atoms with Crippen LogP contribution in [0.5, 0.6) is 5.75 Å². The second kappa shape index (κ2) is 8.06. The Labute approximate surface area is 108 Å². The minimum Gasteiger partial charge on any atom is -0.491 e. The lowest BCUT2D eigenvalue weighted by atomic mass is 10.1. The average Bonchev–Trinajstić information content (AvgIpc) is 2.38. The van der Waals surface area contributed by atoms with Gasteiger partial charge in [0.1, 0.15) is 18.2 Å². The van der Waals surface area contributed by atoms with Crippen molar-refractivity contribution in [2.24, 2.45) is 0 Å². The number of ether oxygens (including phenoxy) is 2. The van der Waals surface area contributed by atoms with Crippen molar-refractivity contribution in [1.82, 2.24) is 5.32 Å². The number of halogens is 1. The molecule has 0 aliphatic heterocycles. The molecule has 0 bridgehead atoms. The highest BCUT2D eigenvalue weighted by Gasteiger charge is 2.12. The fourth-order valence-electron chi connectivity index (χ4n) is 1.69. The Hall–Kier alpha value is -1.13. The van der Waals surface area contributed by atoms with E-state index in [1.54, 1.807) is 13.2 Å². The van der Waals surface area contributed by atoms with Crippen LogP contribution in [-0.2, 0) is 4.74 Å². The zero-order chi connectivity index (χ0) is 13.4. The van der Waals surface area contributed by atoms with Crippen LogP contribution >= 0.6 is 0 Å². The molecule has 1 aromatic rings. The Kier molecular flexibility index (Phi) is 6.68. The Morgan fingerprint density at radius 3 is 2.78 bits per heavy atom. The second-order valence-electron chi connectivity index (χ2n) is 4.20. The van der Waals surface area contributed by atoms with Gasteiger partial charge in [-0.15, -0.1) is 0 Å². The Morgan fingerprint density at radius 1 is 1.33 bits per heavy atom. The topological polar surface area (TPSA) is 30.5 Å². The molecule has 1 atom stereocenters. The van der Waals surface area contributed by atoms with E-state index < -0.39 is 0 Å². The van der Waals surface area contributed by atoms with Crippen LogP contribution in [0.25, 0.3) is 0 Å². The summed E-state index contributed by atoms with van der Waals surface area (Å²) in [5.41, 5.74) is 0.847. The van der Waals surface area contributed by atoms with Crippen molar-refractivity contribution >= 4 is 0 Å². The maximum atomic E-state index is 13.3. The Bertz CT molecular complexity index is 358. The first kappa shape index (κ1) is 14.9. The van der Waals surface area contributed by atoms with Crippen molar-refractivity contribution in [1.29, 1.82) is 0 Å². The van der Waals surface area contributed by atoms with E-state index in [-0.39, 0.29) is 11.9 Å². The molecule has 1 rings (SSSR count). The van der Waals surface area contributed by atoms with Crippen molar-refractivity contribution in [2.45, 2.75) is 26.3 Å². The normalized spacial score (nSPS) is 12.4. The van der Waals surface area contributed by atoms with Crippen molar-refractivity contribution in [2.75, 3.05) is 26.9 Å². The van der Waals surface area contributed by atoms with Gasteiger partial charge in [-0.3, -0.25) is 0 Å². The van der Waals surface area contributed by atoms with Crippen molar-refractivity contribution < 1.29 is 13.9 Å². The zero-order valence-corrected chi connectivity index (χ0v) is 11.3. The maximum Gasteiger partial charge on any atom is 0.124 e. The fourth-order valence-corrected chi connectivity index (χ4v) is 1.69. The van der Waals surface area contributed by atoms with Gasteiger partial charge in [0, 0.05) is 18.7 Å². The van der Waals surface area contributed by atoms with Crippen LogP contribution < -0.4 is 10.1 Å².